The highest BCUT2D eigenvalue weighted by molar-refractivity contribution is 5.76. The van der Waals surface area contributed by atoms with Crippen LogP contribution in [0.5, 0.6) is 0 Å². The number of carbonyl (C=O) groups excluding carboxylic acids is 1. The standard InChI is InChI=1S/C7H13NO3/c1-7(2)8-5(4-11-7)6(9)10-3/h5,8H,4H2,1-3H3/t5-/m0/s1. The van der Waals surface area contributed by atoms with E-state index in [1.165, 1.54) is 7.11 Å². The molecular formula is C7H13NO3. The van der Waals surface area contributed by atoms with Crippen LogP contribution in [-0.2, 0) is 14.3 Å². The molecule has 1 saturated heterocycles. The lowest BCUT2D eigenvalue weighted by Crippen LogP contribution is -2.42. The maximum atomic E-state index is 10.9. The minimum atomic E-state index is -0.404. The Morgan fingerprint density at radius 1 is 1.73 bits per heavy atom. The van der Waals surface area contributed by atoms with Crippen LogP contribution in [0.3, 0.4) is 0 Å². The Morgan fingerprint density at radius 3 is 2.73 bits per heavy atom. The monoisotopic (exact) mass is 159 g/mol. The van der Waals surface area contributed by atoms with Gasteiger partial charge in [0, 0.05) is 0 Å². The molecule has 11 heavy (non-hydrogen) atoms. The molecule has 4 nitrogen and oxygen atoms in total. The van der Waals surface area contributed by atoms with Crippen molar-refractivity contribution >= 4 is 5.97 Å². The van der Waals surface area contributed by atoms with E-state index in [1.807, 2.05) is 13.8 Å². The van der Waals surface area contributed by atoms with Gasteiger partial charge in [-0.3, -0.25) is 10.1 Å². The van der Waals surface area contributed by atoms with Gasteiger partial charge in [0.05, 0.1) is 13.7 Å². The number of esters is 1. The normalized spacial score (nSPS) is 28.5. The summed E-state index contributed by atoms with van der Waals surface area (Å²) in [5.41, 5.74) is -0.404. The van der Waals surface area contributed by atoms with E-state index in [4.69, 9.17) is 4.74 Å². The molecule has 0 saturated carbocycles. The van der Waals surface area contributed by atoms with Crippen molar-refractivity contribution in [2.45, 2.75) is 25.6 Å². The van der Waals surface area contributed by atoms with Crippen LogP contribution in [0.2, 0.25) is 0 Å². The van der Waals surface area contributed by atoms with E-state index in [1.54, 1.807) is 0 Å². The zero-order valence-electron chi connectivity index (χ0n) is 7.01. The zero-order valence-corrected chi connectivity index (χ0v) is 7.01. The Morgan fingerprint density at radius 2 is 2.36 bits per heavy atom. The smallest absolute Gasteiger partial charge is 0.325 e. The summed E-state index contributed by atoms with van der Waals surface area (Å²) in [5.74, 6) is -0.268. The van der Waals surface area contributed by atoms with E-state index in [0.29, 0.717) is 6.61 Å². The van der Waals surface area contributed by atoms with Gasteiger partial charge in [0.15, 0.2) is 0 Å². The molecule has 0 spiro atoms. The van der Waals surface area contributed by atoms with Gasteiger partial charge in [-0.15, -0.1) is 0 Å². The average molecular weight is 159 g/mol. The molecule has 1 heterocycles. The van der Waals surface area contributed by atoms with E-state index in [-0.39, 0.29) is 12.0 Å². The molecule has 1 aliphatic heterocycles. The molecule has 1 N–H and O–H groups in total. The molecule has 0 aliphatic carbocycles. The number of methoxy groups -OCH3 is 1. The molecule has 0 bridgehead atoms. The van der Waals surface area contributed by atoms with Gasteiger partial charge in [-0.2, -0.15) is 0 Å². The maximum Gasteiger partial charge on any atom is 0.325 e. The summed E-state index contributed by atoms with van der Waals surface area (Å²) in [6.45, 7) is 4.13. The largest absolute Gasteiger partial charge is 0.468 e. The van der Waals surface area contributed by atoms with Gasteiger partial charge in [0.25, 0.3) is 0 Å². The Kier molecular flexibility index (Phi) is 2.15. The molecule has 0 aromatic rings. The van der Waals surface area contributed by atoms with E-state index in [9.17, 15) is 4.79 Å². The van der Waals surface area contributed by atoms with E-state index in [0.717, 1.165) is 0 Å². The minimum absolute atomic E-state index is 0.268. The summed E-state index contributed by atoms with van der Waals surface area (Å²) in [6.07, 6.45) is 0. The second-order valence-electron chi connectivity index (χ2n) is 3.04. The predicted molar refractivity (Wildman–Crippen MR) is 39.0 cm³/mol. The van der Waals surface area contributed by atoms with Gasteiger partial charge in [0.1, 0.15) is 11.8 Å². The lowest BCUT2D eigenvalue weighted by molar-refractivity contribution is -0.142. The Bertz CT molecular complexity index is 167. The Balaban J connectivity index is 2.48. The molecule has 1 aliphatic rings. The van der Waals surface area contributed by atoms with Crippen molar-refractivity contribution in [3.63, 3.8) is 0 Å². The number of rotatable bonds is 1. The number of hydrogen-bond donors (Lipinski definition) is 1. The summed E-state index contributed by atoms with van der Waals surface area (Å²) < 4.78 is 9.81. The first-order chi connectivity index (χ1) is 5.05. The summed E-state index contributed by atoms with van der Waals surface area (Å²) in [7, 11) is 1.37. The fraction of sp³-hybridized carbons (Fsp3) is 0.857. The van der Waals surface area contributed by atoms with Crippen LogP contribution in [0.1, 0.15) is 13.8 Å². The summed E-state index contributed by atoms with van der Waals surface area (Å²) >= 11 is 0. The highest BCUT2D eigenvalue weighted by atomic mass is 16.5. The zero-order chi connectivity index (χ0) is 8.48. The van der Waals surface area contributed by atoms with Gasteiger partial charge in [-0.05, 0) is 13.8 Å². The van der Waals surface area contributed by atoms with Crippen molar-refractivity contribution in [1.29, 1.82) is 0 Å². The molecule has 64 valence electrons. The van der Waals surface area contributed by atoms with E-state index >= 15 is 0 Å². The molecule has 0 unspecified atom stereocenters. The lowest BCUT2D eigenvalue weighted by Gasteiger charge is -2.17. The predicted octanol–water partition coefficient (Wildman–Crippen LogP) is -0.116. The average Bonchev–Trinajstić information content (AvgIpc) is 2.29. The van der Waals surface area contributed by atoms with E-state index < -0.39 is 5.72 Å². The van der Waals surface area contributed by atoms with Crippen LogP contribution in [0.4, 0.5) is 0 Å². The van der Waals surface area contributed by atoms with Gasteiger partial charge < -0.3 is 9.47 Å². The Labute approximate surface area is 65.9 Å². The summed E-state index contributed by atoms with van der Waals surface area (Å²) in [6, 6.07) is -0.310. The first kappa shape index (κ1) is 8.49. The highest BCUT2D eigenvalue weighted by Crippen LogP contribution is 2.14. The molecular weight excluding hydrogens is 146 g/mol. The lowest BCUT2D eigenvalue weighted by atomic mass is 10.3. The number of nitrogens with one attached hydrogen (secondary N) is 1. The second-order valence-corrected chi connectivity index (χ2v) is 3.04. The van der Waals surface area contributed by atoms with Crippen molar-refractivity contribution in [2.24, 2.45) is 0 Å². The fourth-order valence-corrected chi connectivity index (χ4v) is 1.06. The number of hydrogen-bond acceptors (Lipinski definition) is 4. The molecule has 1 rings (SSSR count). The third-order valence-corrected chi connectivity index (χ3v) is 1.62. The van der Waals surface area contributed by atoms with Crippen molar-refractivity contribution in [3.05, 3.63) is 0 Å². The first-order valence-electron chi connectivity index (χ1n) is 3.54. The highest BCUT2D eigenvalue weighted by Gasteiger charge is 2.35. The third kappa shape index (κ3) is 1.91. The number of ether oxygens (including phenoxy) is 2. The summed E-state index contributed by atoms with van der Waals surface area (Å²) in [5, 5.41) is 2.98. The van der Waals surface area contributed by atoms with Gasteiger partial charge in [0.2, 0.25) is 0 Å². The van der Waals surface area contributed by atoms with Crippen molar-refractivity contribution in [1.82, 2.24) is 5.32 Å². The van der Waals surface area contributed by atoms with Crippen LogP contribution in [0, 0.1) is 0 Å². The third-order valence-electron chi connectivity index (χ3n) is 1.62. The molecule has 1 atom stereocenters. The van der Waals surface area contributed by atoms with Crippen LogP contribution in [0.15, 0.2) is 0 Å². The fourth-order valence-electron chi connectivity index (χ4n) is 1.06. The number of carbonyl (C=O) groups is 1. The van der Waals surface area contributed by atoms with Crippen molar-refractivity contribution in [3.8, 4) is 0 Å². The minimum Gasteiger partial charge on any atom is -0.468 e. The second kappa shape index (κ2) is 2.79. The van der Waals surface area contributed by atoms with Gasteiger partial charge in [-0.1, -0.05) is 0 Å². The molecule has 0 aromatic heterocycles. The molecule has 0 radical (unpaired) electrons. The first-order valence-corrected chi connectivity index (χ1v) is 3.54. The van der Waals surface area contributed by atoms with E-state index in [2.05, 4.69) is 10.1 Å². The molecule has 0 amide bonds. The van der Waals surface area contributed by atoms with Crippen molar-refractivity contribution in [2.75, 3.05) is 13.7 Å². The van der Waals surface area contributed by atoms with Gasteiger partial charge >= 0.3 is 5.97 Å². The molecule has 1 fully saturated rings. The molecule has 4 heteroatoms. The van der Waals surface area contributed by atoms with Crippen LogP contribution in [0.25, 0.3) is 0 Å². The SMILES string of the molecule is COC(=O)[C@@H]1COC(C)(C)N1. The van der Waals surface area contributed by atoms with Crippen LogP contribution >= 0.6 is 0 Å². The van der Waals surface area contributed by atoms with Gasteiger partial charge in [-0.25, -0.2) is 0 Å². The molecule has 0 aromatic carbocycles. The quantitative estimate of drug-likeness (QED) is 0.542. The van der Waals surface area contributed by atoms with Crippen molar-refractivity contribution < 1.29 is 14.3 Å². The van der Waals surface area contributed by atoms with Crippen LogP contribution < -0.4 is 5.32 Å². The topological polar surface area (TPSA) is 47.6 Å². The Hall–Kier alpha value is -0.610. The van der Waals surface area contributed by atoms with Crippen LogP contribution in [-0.4, -0.2) is 31.5 Å². The summed E-state index contributed by atoms with van der Waals surface area (Å²) in [4.78, 5) is 10.9. The maximum absolute atomic E-state index is 10.9.